The largest absolute Gasteiger partial charge is 0.483 e. The number of nitrogens with zero attached hydrogens (tertiary/aromatic N) is 3. The van der Waals surface area contributed by atoms with Gasteiger partial charge in [-0.3, -0.25) is 14.4 Å². The van der Waals surface area contributed by atoms with Gasteiger partial charge in [0.05, 0.1) is 5.51 Å². The topological polar surface area (TPSA) is 103 Å². The molecule has 0 unspecified atom stereocenters. The number of aromatic nitrogens is 1. The Bertz CT molecular complexity index is 1190. The van der Waals surface area contributed by atoms with Crippen molar-refractivity contribution in [1.82, 2.24) is 9.88 Å². The number of carbonyl (C=O) groups is 1. The summed E-state index contributed by atoms with van der Waals surface area (Å²) in [6, 6.07) is 13.3. The third-order valence-electron chi connectivity index (χ3n) is 5.64. The maximum atomic E-state index is 14.9. The fourth-order valence-corrected chi connectivity index (χ4v) is 5.70. The van der Waals surface area contributed by atoms with E-state index < -0.39 is 15.8 Å². The summed E-state index contributed by atoms with van der Waals surface area (Å²) in [4.78, 5) is 16.4. The lowest BCUT2D eigenvalue weighted by Crippen LogP contribution is -2.35. The number of benzene rings is 2. The van der Waals surface area contributed by atoms with Crippen LogP contribution in [0.1, 0.15) is 17.5 Å². The highest BCUT2D eigenvalue weighted by molar-refractivity contribution is 7.92. The first-order valence-electron chi connectivity index (χ1n) is 10.5. The van der Waals surface area contributed by atoms with E-state index in [0.29, 0.717) is 11.3 Å². The summed E-state index contributed by atoms with van der Waals surface area (Å²) in [6.07, 6.45) is 0.968. The number of likely N-dealkylation sites (N-methyl/N-ethyl adjacent to an activating group) is 1. The van der Waals surface area contributed by atoms with E-state index in [1.807, 2.05) is 32.2 Å². The van der Waals surface area contributed by atoms with E-state index in [9.17, 15) is 12.8 Å². The number of thiazole rings is 1. The Morgan fingerprint density at radius 2 is 2.03 bits per heavy atom. The predicted octanol–water partition coefficient (Wildman–Crippen LogP) is 3.80. The average Bonchev–Trinajstić information content (AvgIpc) is 3.48. The molecule has 1 fully saturated rings. The molecule has 2 aromatic carbocycles. The Labute approximate surface area is 202 Å². The van der Waals surface area contributed by atoms with Crippen molar-refractivity contribution < 1.29 is 22.7 Å². The number of aryl methyl sites for hydroxylation is 1. The van der Waals surface area contributed by atoms with Gasteiger partial charge in [-0.25, -0.2) is 17.8 Å². The molecule has 0 radical (unpaired) electrons. The van der Waals surface area contributed by atoms with Crippen LogP contribution >= 0.6 is 11.3 Å². The maximum Gasteiger partial charge on any atom is 0.290 e. The Morgan fingerprint density at radius 1 is 1.32 bits per heavy atom. The minimum Gasteiger partial charge on any atom is -0.483 e. The molecule has 1 aromatic heterocycles. The molecule has 0 amide bonds. The van der Waals surface area contributed by atoms with E-state index in [0.717, 1.165) is 26.1 Å². The molecule has 2 N–H and O–H groups in total. The summed E-state index contributed by atoms with van der Waals surface area (Å²) in [6.45, 7) is 4.29. The number of rotatable bonds is 7. The molecule has 8 nitrogen and oxygen atoms in total. The molecule has 1 aliphatic rings. The van der Waals surface area contributed by atoms with Gasteiger partial charge >= 0.3 is 0 Å². The number of hydrogen-bond acceptors (Lipinski definition) is 7. The van der Waals surface area contributed by atoms with Crippen molar-refractivity contribution in [1.29, 1.82) is 0 Å². The first-order chi connectivity index (χ1) is 16.2. The van der Waals surface area contributed by atoms with Crippen LogP contribution in [0.2, 0.25) is 0 Å². The molecule has 0 bridgehead atoms. The molecular weight excluding hydrogens is 479 g/mol. The van der Waals surface area contributed by atoms with Gasteiger partial charge in [0.2, 0.25) is 0 Å². The minimum atomic E-state index is -4.05. The fraction of sp³-hybridized carbons (Fsp3) is 0.304. The number of carboxylic acid groups (broad SMARTS) is 1. The Morgan fingerprint density at radius 3 is 2.68 bits per heavy atom. The highest BCUT2D eigenvalue weighted by Gasteiger charge is 2.28. The summed E-state index contributed by atoms with van der Waals surface area (Å²) in [5, 5.41) is 8.45. The molecule has 4 rings (SSSR count). The summed E-state index contributed by atoms with van der Waals surface area (Å²) >= 11 is 1.26. The fourth-order valence-electron chi connectivity index (χ4n) is 4.00. The molecule has 0 saturated carbocycles. The van der Waals surface area contributed by atoms with Gasteiger partial charge in [0.1, 0.15) is 10.7 Å². The van der Waals surface area contributed by atoms with Crippen LogP contribution in [-0.2, 0) is 21.4 Å². The summed E-state index contributed by atoms with van der Waals surface area (Å²) in [5.41, 5.74) is 4.20. The molecule has 1 atom stereocenters. The summed E-state index contributed by atoms with van der Waals surface area (Å²) < 4.78 is 42.5. The monoisotopic (exact) mass is 506 g/mol. The standard InChI is InChI=1S/C22H25FN4O2S2.CH2O2/c1-16-10-21(31(28,29)25-22-14-30-15-24-22)19(23)11-20(16)26(2)18-8-9-27(13-18)12-17-6-4-3-5-7-17;2-1-3/h3-7,10-11,14-15,18,25H,8-9,12-13H2,1-2H3;1H,(H,2,3)/t18-;/m0./s1. The molecule has 0 aliphatic carbocycles. The number of halogens is 1. The Hall–Kier alpha value is -3.02. The first kappa shape index (κ1) is 25.6. The lowest BCUT2D eigenvalue weighted by atomic mass is 10.1. The van der Waals surface area contributed by atoms with Gasteiger partial charge in [-0.15, -0.1) is 11.3 Å². The van der Waals surface area contributed by atoms with Crippen LogP contribution in [0.3, 0.4) is 0 Å². The van der Waals surface area contributed by atoms with Gasteiger partial charge in [-0.05, 0) is 36.6 Å². The third-order valence-corrected chi connectivity index (χ3v) is 7.59. The summed E-state index contributed by atoms with van der Waals surface area (Å²) in [7, 11) is -2.10. The van der Waals surface area contributed by atoms with Gasteiger partial charge in [0.15, 0.2) is 5.82 Å². The van der Waals surface area contributed by atoms with E-state index in [2.05, 4.69) is 31.6 Å². The number of likely N-dealkylation sites (tertiary alicyclic amines) is 1. The highest BCUT2D eigenvalue weighted by Crippen LogP contribution is 2.30. The quantitative estimate of drug-likeness (QED) is 0.470. The van der Waals surface area contributed by atoms with Crippen LogP contribution in [0.15, 0.2) is 58.3 Å². The lowest BCUT2D eigenvalue weighted by Gasteiger charge is -2.29. The minimum absolute atomic E-state index is 0.188. The van der Waals surface area contributed by atoms with Gasteiger partial charge < -0.3 is 10.0 Å². The molecule has 34 heavy (non-hydrogen) atoms. The zero-order valence-electron chi connectivity index (χ0n) is 18.9. The smallest absolute Gasteiger partial charge is 0.290 e. The second-order valence-electron chi connectivity index (χ2n) is 7.93. The third kappa shape index (κ3) is 6.31. The highest BCUT2D eigenvalue weighted by atomic mass is 32.2. The number of hydrogen-bond donors (Lipinski definition) is 2. The normalized spacial score (nSPS) is 15.9. The Kier molecular flexibility index (Phi) is 8.59. The van der Waals surface area contributed by atoms with Crippen molar-refractivity contribution in [3.8, 4) is 0 Å². The van der Waals surface area contributed by atoms with Crippen LogP contribution in [0.25, 0.3) is 0 Å². The molecule has 0 spiro atoms. The van der Waals surface area contributed by atoms with Gasteiger partial charge in [-0.2, -0.15) is 0 Å². The SMILES string of the molecule is Cc1cc(S(=O)(=O)Nc2cscn2)c(F)cc1N(C)[C@H]1CCN(Cc2ccccc2)C1.O=CO. The van der Waals surface area contributed by atoms with Gasteiger partial charge in [0, 0.05) is 43.8 Å². The van der Waals surface area contributed by atoms with Crippen LogP contribution in [0.4, 0.5) is 15.9 Å². The number of anilines is 2. The van der Waals surface area contributed by atoms with E-state index in [4.69, 9.17) is 9.90 Å². The number of sulfonamides is 1. The number of nitrogens with one attached hydrogen (secondary N) is 1. The van der Waals surface area contributed by atoms with E-state index in [1.165, 1.54) is 34.5 Å². The van der Waals surface area contributed by atoms with Crippen molar-refractivity contribution in [3.63, 3.8) is 0 Å². The molecule has 3 aromatic rings. The molecule has 2 heterocycles. The van der Waals surface area contributed by atoms with Crippen LogP contribution < -0.4 is 9.62 Å². The van der Waals surface area contributed by atoms with Crippen molar-refractivity contribution in [3.05, 3.63) is 70.3 Å². The molecule has 1 saturated heterocycles. The lowest BCUT2D eigenvalue weighted by molar-refractivity contribution is -0.122. The van der Waals surface area contributed by atoms with E-state index in [1.54, 1.807) is 5.38 Å². The predicted molar refractivity (Wildman–Crippen MR) is 131 cm³/mol. The molecule has 182 valence electrons. The van der Waals surface area contributed by atoms with E-state index in [-0.39, 0.29) is 23.2 Å². The zero-order chi connectivity index (χ0) is 24.7. The second-order valence-corrected chi connectivity index (χ2v) is 10.3. The molecule has 11 heteroatoms. The maximum absolute atomic E-state index is 14.9. The van der Waals surface area contributed by atoms with Crippen LogP contribution in [0, 0.1) is 12.7 Å². The van der Waals surface area contributed by atoms with Crippen molar-refractivity contribution in [2.24, 2.45) is 0 Å². The molecular formula is C23H27FN4O4S2. The average molecular weight is 507 g/mol. The molecule has 1 aliphatic heterocycles. The van der Waals surface area contributed by atoms with Gasteiger partial charge in [0.25, 0.3) is 16.5 Å². The van der Waals surface area contributed by atoms with Gasteiger partial charge in [-0.1, -0.05) is 30.3 Å². The second kappa shape index (κ2) is 11.4. The van der Waals surface area contributed by atoms with E-state index >= 15 is 0 Å². The Balaban J connectivity index is 0.00000103. The van der Waals surface area contributed by atoms with Crippen LogP contribution in [0.5, 0.6) is 0 Å². The summed E-state index contributed by atoms with van der Waals surface area (Å²) in [5.74, 6) is -0.581. The van der Waals surface area contributed by atoms with Crippen molar-refractivity contribution >= 4 is 39.3 Å². The van der Waals surface area contributed by atoms with Crippen LogP contribution in [-0.4, -0.2) is 56.1 Å². The first-order valence-corrected chi connectivity index (χ1v) is 13.0. The van der Waals surface area contributed by atoms with Crippen molar-refractivity contribution in [2.75, 3.05) is 29.8 Å². The van der Waals surface area contributed by atoms with Crippen molar-refractivity contribution in [2.45, 2.75) is 30.8 Å². The zero-order valence-corrected chi connectivity index (χ0v) is 20.5.